The zero-order valence-corrected chi connectivity index (χ0v) is 15.1. The van der Waals surface area contributed by atoms with E-state index in [1.807, 2.05) is 6.07 Å². The summed E-state index contributed by atoms with van der Waals surface area (Å²) in [6.07, 6.45) is 4.34. The van der Waals surface area contributed by atoms with E-state index < -0.39 is 0 Å². The molecule has 0 saturated carbocycles. The molecular weight excluding hydrogens is 318 g/mol. The number of thiazole rings is 1. The summed E-state index contributed by atoms with van der Waals surface area (Å²) >= 11 is 1.76. The second-order valence-electron chi connectivity index (χ2n) is 7.26. The van der Waals surface area contributed by atoms with Crippen LogP contribution in [0.1, 0.15) is 32.6 Å². The Labute approximate surface area is 147 Å². The monoisotopic (exact) mass is 343 g/mol. The van der Waals surface area contributed by atoms with Crippen LogP contribution in [0, 0.1) is 11.8 Å². The van der Waals surface area contributed by atoms with Gasteiger partial charge in [0.15, 0.2) is 5.13 Å². The fourth-order valence-corrected chi connectivity index (χ4v) is 4.98. The molecule has 5 heteroatoms. The summed E-state index contributed by atoms with van der Waals surface area (Å²) in [4.78, 5) is 22.0. The number of para-hydroxylation sites is 1. The highest BCUT2D eigenvalue weighted by Gasteiger charge is 2.31. The van der Waals surface area contributed by atoms with Crippen molar-refractivity contribution in [3.63, 3.8) is 0 Å². The van der Waals surface area contributed by atoms with E-state index in [4.69, 9.17) is 4.98 Å². The summed E-state index contributed by atoms with van der Waals surface area (Å²) in [6.45, 7) is 6.06. The Morgan fingerprint density at radius 3 is 2.71 bits per heavy atom. The van der Waals surface area contributed by atoms with Gasteiger partial charge in [0.1, 0.15) is 0 Å². The van der Waals surface area contributed by atoms with Crippen molar-refractivity contribution >= 4 is 32.6 Å². The molecule has 4 nitrogen and oxygen atoms in total. The first-order valence-corrected chi connectivity index (χ1v) is 9.91. The number of anilines is 1. The lowest BCUT2D eigenvalue weighted by molar-refractivity contribution is -0.137. The minimum Gasteiger partial charge on any atom is -0.348 e. The van der Waals surface area contributed by atoms with E-state index >= 15 is 0 Å². The highest BCUT2D eigenvalue weighted by Crippen LogP contribution is 2.32. The molecule has 0 radical (unpaired) electrons. The predicted molar refractivity (Wildman–Crippen MR) is 99.5 cm³/mol. The molecular formula is C19H25N3OS. The molecule has 2 fully saturated rings. The lowest BCUT2D eigenvalue weighted by Gasteiger charge is -2.37. The van der Waals surface area contributed by atoms with Crippen LogP contribution < -0.4 is 4.90 Å². The first-order valence-electron chi connectivity index (χ1n) is 9.10. The molecule has 2 aliphatic heterocycles. The van der Waals surface area contributed by atoms with Gasteiger partial charge < -0.3 is 9.80 Å². The average Bonchev–Trinajstić information content (AvgIpc) is 3.05. The molecule has 2 aromatic rings. The van der Waals surface area contributed by atoms with Crippen LogP contribution >= 0.6 is 11.3 Å². The van der Waals surface area contributed by atoms with E-state index in [-0.39, 0.29) is 5.92 Å². The minimum atomic E-state index is 0.209. The lowest BCUT2D eigenvalue weighted by atomic mass is 9.93. The third-order valence-corrected chi connectivity index (χ3v) is 6.46. The van der Waals surface area contributed by atoms with Crippen molar-refractivity contribution in [2.45, 2.75) is 32.6 Å². The number of hydrogen-bond donors (Lipinski definition) is 0. The number of carbonyl (C=O) groups is 1. The highest BCUT2D eigenvalue weighted by atomic mass is 32.1. The Hall–Kier alpha value is -1.62. The molecule has 1 atom stereocenters. The number of fused-ring (bicyclic) bond motifs is 1. The van der Waals surface area contributed by atoms with Gasteiger partial charge in [-0.1, -0.05) is 30.4 Å². The zero-order chi connectivity index (χ0) is 16.5. The molecule has 3 heterocycles. The van der Waals surface area contributed by atoms with E-state index in [2.05, 4.69) is 34.9 Å². The zero-order valence-electron chi connectivity index (χ0n) is 14.3. The first-order chi connectivity index (χ1) is 11.7. The third-order valence-electron chi connectivity index (χ3n) is 5.37. The maximum atomic E-state index is 12.8. The molecule has 4 rings (SSSR count). The van der Waals surface area contributed by atoms with Crippen LogP contribution in [-0.2, 0) is 4.79 Å². The Morgan fingerprint density at radius 1 is 1.17 bits per heavy atom. The van der Waals surface area contributed by atoms with Crippen molar-refractivity contribution < 1.29 is 4.79 Å². The quantitative estimate of drug-likeness (QED) is 0.833. The number of hydrogen-bond acceptors (Lipinski definition) is 4. The number of piperidine rings is 2. The summed E-state index contributed by atoms with van der Waals surface area (Å²) in [5.41, 5.74) is 1.08. The Morgan fingerprint density at radius 2 is 1.96 bits per heavy atom. The molecule has 1 amide bonds. The van der Waals surface area contributed by atoms with E-state index in [1.165, 1.54) is 11.1 Å². The molecule has 128 valence electrons. The largest absolute Gasteiger partial charge is 0.348 e. The maximum Gasteiger partial charge on any atom is 0.225 e. The second kappa shape index (κ2) is 6.71. The number of carbonyl (C=O) groups excluding carboxylic acids is 1. The SMILES string of the molecule is CC1CCCN(C(=O)C2CCN(c3nc4ccccc4s3)CC2)C1. The smallest absolute Gasteiger partial charge is 0.225 e. The molecule has 0 bridgehead atoms. The number of likely N-dealkylation sites (tertiary alicyclic amines) is 1. The fourth-order valence-electron chi connectivity index (χ4n) is 3.96. The Bertz CT molecular complexity index is 687. The summed E-state index contributed by atoms with van der Waals surface area (Å²) in [5, 5.41) is 1.11. The van der Waals surface area contributed by atoms with Gasteiger partial charge in [-0.3, -0.25) is 4.79 Å². The van der Waals surface area contributed by atoms with Crippen LogP contribution in [0.25, 0.3) is 10.2 Å². The van der Waals surface area contributed by atoms with Gasteiger partial charge in [0, 0.05) is 32.1 Å². The number of amides is 1. The van der Waals surface area contributed by atoms with Gasteiger partial charge in [-0.2, -0.15) is 0 Å². The van der Waals surface area contributed by atoms with Crippen LogP contribution in [0.4, 0.5) is 5.13 Å². The number of nitrogens with zero attached hydrogens (tertiary/aromatic N) is 3. The number of rotatable bonds is 2. The Kier molecular flexibility index (Phi) is 4.44. The molecule has 0 spiro atoms. The Balaban J connectivity index is 1.38. The van der Waals surface area contributed by atoms with Gasteiger partial charge in [-0.25, -0.2) is 4.98 Å². The molecule has 0 N–H and O–H groups in total. The summed E-state index contributed by atoms with van der Waals surface area (Å²) < 4.78 is 1.24. The van der Waals surface area contributed by atoms with Crippen LogP contribution in [-0.4, -0.2) is 42.0 Å². The summed E-state index contributed by atoms with van der Waals surface area (Å²) in [6, 6.07) is 8.30. The lowest BCUT2D eigenvalue weighted by Crippen LogP contribution is -2.46. The molecule has 1 aromatic heterocycles. The van der Waals surface area contributed by atoms with Gasteiger partial charge >= 0.3 is 0 Å². The standard InChI is InChI=1S/C19H25N3OS/c1-14-5-4-10-22(13-14)18(23)15-8-11-21(12-9-15)19-20-16-6-2-3-7-17(16)24-19/h2-3,6-7,14-15H,4-5,8-13H2,1H3. The van der Waals surface area contributed by atoms with Gasteiger partial charge in [0.25, 0.3) is 0 Å². The van der Waals surface area contributed by atoms with Crippen LogP contribution in [0.15, 0.2) is 24.3 Å². The van der Waals surface area contributed by atoms with Crippen molar-refractivity contribution in [3.8, 4) is 0 Å². The average molecular weight is 343 g/mol. The number of benzene rings is 1. The van der Waals surface area contributed by atoms with Crippen LogP contribution in [0.2, 0.25) is 0 Å². The van der Waals surface area contributed by atoms with Gasteiger partial charge in [0.2, 0.25) is 5.91 Å². The molecule has 24 heavy (non-hydrogen) atoms. The number of aromatic nitrogens is 1. The van der Waals surface area contributed by atoms with E-state index in [1.54, 1.807) is 11.3 Å². The van der Waals surface area contributed by atoms with Crippen molar-refractivity contribution in [1.82, 2.24) is 9.88 Å². The maximum absolute atomic E-state index is 12.8. The van der Waals surface area contributed by atoms with Gasteiger partial charge in [0.05, 0.1) is 10.2 Å². The topological polar surface area (TPSA) is 36.4 Å². The molecule has 2 aliphatic rings. The van der Waals surface area contributed by atoms with Crippen molar-refractivity contribution in [1.29, 1.82) is 0 Å². The van der Waals surface area contributed by atoms with E-state index in [0.717, 1.165) is 56.1 Å². The molecule has 1 unspecified atom stereocenters. The van der Waals surface area contributed by atoms with Gasteiger partial charge in [-0.15, -0.1) is 0 Å². The molecule has 0 aliphatic carbocycles. The normalized spacial score (nSPS) is 23.0. The molecule has 1 aromatic carbocycles. The van der Waals surface area contributed by atoms with Crippen molar-refractivity contribution in [2.24, 2.45) is 11.8 Å². The summed E-state index contributed by atoms with van der Waals surface area (Å²) in [7, 11) is 0. The summed E-state index contributed by atoms with van der Waals surface area (Å²) in [5.74, 6) is 1.26. The highest BCUT2D eigenvalue weighted by molar-refractivity contribution is 7.22. The first kappa shape index (κ1) is 15.9. The minimum absolute atomic E-state index is 0.209. The van der Waals surface area contributed by atoms with E-state index in [9.17, 15) is 4.79 Å². The van der Waals surface area contributed by atoms with Gasteiger partial charge in [-0.05, 0) is 43.7 Å². The van der Waals surface area contributed by atoms with Crippen LogP contribution in [0.5, 0.6) is 0 Å². The fraction of sp³-hybridized carbons (Fsp3) is 0.579. The second-order valence-corrected chi connectivity index (χ2v) is 8.27. The van der Waals surface area contributed by atoms with E-state index in [0.29, 0.717) is 11.8 Å². The third kappa shape index (κ3) is 3.14. The van der Waals surface area contributed by atoms with Crippen molar-refractivity contribution in [2.75, 3.05) is 31.1 Å². The molecule has 2 saturated heterocycles. The van der Waals surface area contributed by atoms with Crippen molar-refractivity contribution in [3.05, 3.63) is 24.3 Å². The predicted octanol–water partition coefficient (Wildman–Crippen LogP) is 3.77. The van der Waals surface area contributed by atoms with Crippen LogP contribution in [0.3, 0.4) is 0 Å².